The zero-order valence-corrected chi connectivity index (χ0v) is 13.8. The van der Waals surface area contributed by atoms with Crippen molar-refractivity contribution in [2.45, 2.75) is 34.6 Å². The van der Waals surface area contributed by atoms with Crippen LogP contribution in [0.1, 0.15) is 30.5 Å². The zero-order valence-electron chi connectivity index (χ0n) is 13.8. The molecule has 0 fully saturated rings. The molecule has 0 saturated heterocycles. The molecular weight excluding hydrogens is 248 g/mol. The van der Waals surface area contributed by atoms with Crippen molar-refractivity contribution >= 4 is 0 Å². The second kappa shape index (κ2) is 8.98. The Morgan fingerprint density at radius 1 is 1.00 bits per heavy atom. The first-order valence-corrected chi connectivity index (χ1v) is 7.72. The second-order valence-corrected chi connectivity index (χ2v) is 5.28. The highest BCUT2D eigenvalue weighted by molar-refractivity contribution is 5.44. The summed E-state index contributed by atoms with van der Waals surface area (Å²) in [5.41, 5.74) is 3.77. The van der Waals surface area contributed by atoms with Crippen LogP contribution in [-0.4, -0.2) is 44.2 Å². The van der Waals surface area contributed by atoms with E-state index in [1.807, 2.05) is 0 Å². The minimum Gasteiger partial charge on any atom is -0.492 e. The summed E-state index contributed by atoms with van der Waals surface area (Å²) in [7, 11) is 0. The maximum absolute atomic E-state index is 5.93. The molecule has 0 radical (unpaired) electrons. The van der Waals surface area contributed by atoms with E-state index >= 15 is 0 Å². The Morgan fingerprint density at radius 2 is 1.65 bits per heavy atom. The number of nitrogens with one attached hydrogen (secondary N) is 1. The molecule has 1 rings (SSSR count). The van der Waals surface area contributed by atoms with Gasteiger partial charge in [0.15, 0.2) is 0 Å². The average Bonchev–Trinajstić information content (AvgIpc) is 2.45. The molecule has 0 aliphatic rings. The van der Waals surface area contributed by atoms with E-state index in [0.29, 0.717) is 0 Å². The van der Waals surface area contributed by atoms with Crippen LogP contribution in [0.4, 0.5) is 0 Å². The maximum atomic E-state index is 5.93. The van der Waals surface area contributed by atoms with Gasteiger partial charge in [-0.05, 0) is 50.6 Å². The van der Waals surface area contributed by atoms with E-state index in [-0.39, 0.29) is 0 Å². The van der Waals surface area contributed by atoms with Gasteiger partial charge in [0.2, 0.25) is 0 Å². The lowest BCUT2D eigenvalue weighted by atomic mass is 10.1. The van der Waals surface area contributed by atoms with Gasteiger partial charge in [0.25, 0.3) is 0 Å². The lowest BCUT2D eigenvalue weighted by Crippen LogP contribution is -2.33. The number of aryl methyl sites for hydroxylation is 2. The van der Waals surface area contributed by atoms with Crippen LogP contribution in [-0.2, 0) is 0 Å². The van der Waals surface area contributed by atoms with Crippen molar-refractivity contribution in [3.63, 3.8) is 0 Å². The van der Waals surface area contributed by atoms with E-state index in [1.165, 1.54) is 16.7 Å². The fourth-order valence-electron chi connectivity index (χ4n) is 2.27. The highest BCUT2D eigenvalue weighted by Crippen LogP contribution is 2.25. The predicted octanol–water partition coefficient (Wildman–Crippen LogP) is 2.92. The molecule has 3 heteroatoms. The zero-order chi connectivity index (χ0) is 15.0. The number of hydrogen-bond acceptors (Lipinski definition) is 3. The number of rotatable bonds is 9. The number of nitrogens with zero attached hydrogens (tertiary/aromatic N) is 1. The lowest BCUT2D eigenvalue weighted by Gasteiger charge is -2.18. The van der Waals surface area contributed by atoms with Crippen molar-refractivity contribution < 1.29 is 4.74 Å². The quantitative estimate of drug-likeness (QED) is 0.703. The van der Waals surface area contributed by atoms with E-state index in [1.54, 1.807) is 0 Å². The Balaban J connectivity index is 2.27. The van der Waals surface area contributed by atoms with Crippen molar-refractivity contribution in [2.75, 3.05) is 39.3 Å². The van der Waals surface area contributed by atoms with Crippen LogP contribution in [0.15, 0.2) is 12.1 Å². The molecular formula is C17H30N2O. The molecule has 0 aliphatic heterocycles. The second-order valence-electron chi connectivity index (χ2n) is 5.28. The molecule has 0 spiro atoms. The molecule has 0 saturated carbocycles. The monoisotopic (exact) mass is 278 g/mol. The third-order valence-corrected chi connectivity index (χ3v) is 3.90. The van der Waals surface area contributed by atoms with Gasteiger partial charge in [-0.2, -0.15) is 0 Å². The summed E-state index contributed by atoms with van der Waals surface area (Å²) in [5, 5.41) is 3.44. The largest absolute Gasteiger partial charge is 0.492 e. The third-order valence-electron chi connectivity index (χ3n) is 3.90. The minimum absolute atomic E-state index is 0.726. The topological polar surface area (TPSA) is 24.5 Å². The molecule has 0 bridgehead atoms. The van der Waals surface area contributed by atoms with Crippen molar-refractivity contribution in [2.24, 2.45) is 0 Å². The Kier molecular flexibility index (Phi) is 7.63. The Labute approximate surface area is 124 Å². The van der Waals surface area contributed by atoms with Crippen molar-refractivity contribution in [1.29, 1.82) is 0 Å². The summed E-state index contributed by atoms with van der Waals surface area (Å²) < 4.78 is 5.93. The smallest absolute Gasteiger partial charge is 0.125 e. The van der Waals surface area contributed by atoms with Crippen molar-refractivity contribution in [3.05, 3.63) is 28.8 Å². The van der Waals surface area contributed by atoms with Crippen LogP contribution >= 0.6 is 0 Å². The van der Waals surface area contributed by atoms with Crippen molar-refractivity contribution in [3.8, 4) is 5.75 Å². The Morgan fingerprint density at radius 3 is 2.30 bits per heavy atom. The predicted molar refractivity (Wildman–Crippen MR) is 86.8 cm³/mol. The van der Waals surface area contributed by atoms with Gasteiger partial charge >= 0.3 is 0 Å². The van der Waals surface area contributed by atoms with Gasteiger partial charge in [-0.25, -0.2) is 0 Å². The van der Waals surface area contributed by atoms with Crippen LogP contribution < -0.4 is 10.1 Å². The highest BCUT2D eigenvalue weighted by atomic mass is 16.5. The molecule has 1 aromatic carbocycles. The van der Waals surface area contributed by atoms with E-state index in [0.717, 1.165) is 45.1 Å². The third kappa shape index (κ3) is 5.14. The maximum Gasteiger partial charge on any atom is 0.125 e. The summed E-state index contributed by atoms with van der Waals surface area (Å²) in [6.45, 7) is 16.8. The molecule has 0 amide bonds. The molecule has 114 valence electrons. The molecule has 0 aromatic heterocycles. The van der Waals surface area contributed by atoms with Gasteiger partial charge in [0.1, 0.15) is 12.4 Å². The number of hydrogen-bond donors (Lipinski definition) is 1. The molecule has 1 N–H and O–H groups in total. The van der Waals surface area contributed by atoms with Crippen LogP contribution in [0.2, 0.25) is 0 Å². The normalized spacial score (nSPS) is 11.1. The first-order chi connectivity index (χ1) is 9.60. The van der Waals surface area contributed by atoms with Crippen LogP contribution in [0.3, 0.4) is 0 Å². The van der Waals surface area contributed by atoms with Crippen LogP contribution in [0, 0.1) is 20.8 Å². The van der Waals surface area contributed by atoms with E-state index in [4.69, 9.17) is 4.74 Å². The average molecular weight is 278 g/mol. The summed E-state index contributed by atoms with van der Waals surface area (Å²) in [5.74, 6) is 1.05. The lowest BCUT2D eigenvalue weighted by molar-refractivity contribution is 0.284. The van der Waals surface area contributed by atoms with E-state index in [9.17, 15) is 0 Å². The SMILES string of the molecule is CCN(CC)CCNCCOc1c(C)ccc(C)c1C. The molecule has 0 atom stereocenters. The van der Waals surface area contributed by atoms with Gasteiger partial charge in [-0.15, -0.1) is 0 Å². The first kappa shape index (κ1) is 17.0. The summed E-state index contributed by atoms with van der Waals surface area (Å²) in [6.07, 6.45) is 0. The van der Waals surface area contributed by atoms with Crippen molar-refractivity contribution in [1.82, 2.24) is 10.2 Å². The van der Waals surface area contributed by atoms with Crippen LogP contribution in [0.25, 0.3) is 0 Å². The minimum atomic E-state index is 0.726. The van der Waals surface area contributed by atoms with Gasteiger partial charge < -0.3 is 15.0 Å². The Bertz CT molecular complexity index is 400. The molecule has 0 heterocycles. The summed E-state index contributed by atoms with van der Waals surface area (Å²) in [6, 6.07) is 4.28. The molecule has 20 heavy (non-hydrogen) atoms. The van der Waals surface area contributed by atoms with Crippen LogP contribution in [0.5, 0.6) is 5.75 Å². The highest BCUT2D eigenvalue weighted by Gasteiger charge is 2.05. The molecule has 0 unspecified atom stereocenters. The standard InChI is InChI=1S/C17H30N2O/c1-6-19(7-2)12-10-18-11-13-20-17-15(4)9-8-14(3)16(17)5/h8-9,18H,6-7,10-13H2,1-5H3. The number of ether oxygens (including phenoxy) is 1. The Hall–Kier alpha value is -1.06. The molecule has 0 aliphatic carbocycles. The molecule has 3 nitrogen and oxygen atoms in total. The van der Waals surface area contributed by atoms with E-state index in [2.05, 4.69) is 57.0 Å². The van der Waals surface area contributed by atoms with Gasteiger partial charge in [-0.3, -0.25) is 0 Å². The molecule has 1 aromatic rings. The fourth-order valence-corrected chi connectivity index (χ4v) is 2.27. The van der Waals surface area contributed by atoms with Gasteiger partial charge in [-0.1, -0.05) is 26.0 Å². The van der Waals surface area contributed by atoms with Gasteiger partial charge in [0, 0.05) is 19.6 Å². The number of benzene rings is 1. The first-order valence-electron chi connectivity index (χ1n) is 7.72. The van der Waals surface area contributed by atoms with E-state index < -0.39 is 0 Å². The summed E-state index contributed by atoms with van der Waals surface area (Å²) in [4.78, 5) is 2.42. The number of likely N-dealkylation sites (N-methyl/N-ethyl adjacent to an activating group) is 1. The summed E-state index contributed by atoms with van der Waals surface area (Å²) >= 11 is 0. The fraction of sp³-hybridized carbons (Fsp3) is 0.647. The van der Waals surface area contributed by atoms with Gasteiger partial charge in [0.05, 0.1) is 0 Å².